The van der Waals surface area contributed by atoms with Crippen LogP contribution >= 0.6 is 0 Å². The van der Waals surface area contributed by atoms with Crippen LogP contribution in [0.25, 0.3) is 67.4 Å². The summed E-state index contributed by atoms with van der Waals surface area (Å²) >= 11 is 0. The van der Waals surface area contributed by atoms with E-state index in [1.807, 2.05) is 0 Å². The third kappa shape index (κ3) is 3.88. The molecule has 0 N–H and O–H groups in total. The Morgan fingerprint density at radius 3 is 1.41 bits per heavy atom. The molecule has 0 bridgehead atoms. The number of imidazole rings is 2. The Hall–Kier alpha value is -5.03. The van der Waals surface area contributed by atoms with Gasteiger partial charge in [0, 0.05) is 13.1 Å². The first-order chi connectivity index (χ1) is 21.6. The van der Waals surface area contributed by atoms with Crippen LogP contribution in [0.3, 0.4) is 0 Å². The Kier molecular flexibility index (Phi) is 5.64. The summed E-state index contributed by atoms with van der Waals surface area (Å²) in [7, 11) is 0. The fraction of sp³-hybridized carbons (Fsp3) is 0.205. The Morgan fingerprint density at radius 1 is 0.500 bits per heavy atom. The maximum atomic E-state index is 5.26. The molecule has 7 aromatic rings. The molecule has 0 amide bonds. The molecule has 0 aliphatic carbocycles. The second-order valence-corrected chi connectivity index (χ2v) is 12.6. The zero-order valence-corrected chi connectivity index (χ0v) is 25.0. The molecule has 0 saturated carbocycles. The number of nitrogens with zero attached hydrogens (tertiary/aromatic N) is 5. The molecule has 2 atom stereocenters. The van der Waals surface area contributed by atoms with Crippen LogP contribution in [-0.4, -0.2) is 24.1 Å². The van der Waals surface area contributed by atoms with Gasteiger partial charge in [0.25, 0.3) is 0 Å². The van der Waals surface area contributed by atoms with Crippen molar-refractivity contribution in [1.82, 2.24) is 24.1 Å². The largest absolute Gasteiger partial charge is 0.322 e. The molecular formula is C39H33N5. The van der Waals surface area contributed by atoms with Gasteiger partial charge in [-0.2, -0.15) is 0 Å². The SMILES string of the molecule is CC1CCn2c(-c3cccc(-c4nc5cc(-c6ccccc6)cc6c5n4CCC6C)n3)nc3cc(-c4ccccc4)cc1c32. The highest BCUT2D eigenvalue weighted by Gasteiger charge is 2.27. The average Bonchev–Trinajstić information content (AvgIpc) is 3.64. The van der Waals surface area contributed by atoms with Gasteiger partial charge in [-0.1, -0.05) is 80.6 Å². The van der Waals surface area contributed by atoms with Crippen molar-refractivity contribution in [2.75, 3.05) is 0 Å². The molecule has 0 spiro atoms. The van der Waals surface area contributed by atoms with E-state index in [0.717, 1.165) is 60.0 Å². The van der Waals surface area contributed by atoms with Crippen LogP contribution in [0.5, 0.6) is 0 Å². The summed E-state index contributed by atoms with van der Waals surface area (Å²) in [5.74, 6) is 2.85. The van der Waals surface area contributed by atoms with Crippen LogP contribution in [0, 0.1) is 0 Å². The van der Waals surface area contributed by atoms with Crippen LogP contribution in [0.15, 0.2) is 103 Å². The summed E-state index contributed by atoms with van der Waals surface area (Å²) in [6.45, 7) is 6.56. The summed E-state index contributed by atoms with van der Waals surface area (Å²) in [4.78, 5) is 15.8. The van der Waals surface area contributed by atoms with Crippen molar-refractivity contribution in [1.29, 1.82) is 0 Å². The molecular weight excluding hydrogens is 538 g/mol. The summed E-state index contributed by atoms with van der Waals surface area (Å²) in [6.07, 6.45) is 2.17. The predicted octanol–water partition coefficient (Wildman–Crippen LogP) is 9.46. The average molecular weight is 572 g/mol. The Bertz CT molecular complexity index is 2050. The van der Waals surface area contributed by atoms with Gasteiger partial charge in [-0.15, -0.1) is 0 Å². The number of pyridine rings is 1. The Labute approximate surface area is 256 Å². The lowest BCUT2D eigenvalue weighted by atomic mass is 9.90. The van der Waals surface area contributed by atoms with Gasteiger partial charge in [0.05, 0.1) is 22.1 Å². The van der Waals surface area contributed by atoms with Gasteiger partial charge in [0.15, 0.2) is 11.6 Å². The van der Waals surface area contributed by atoms with Gasteiger partial charge in [-0.3, -0.25) is 0 Å². The summed E-state index contributed by atoms with van der Waals surface area (Å²) in [6, 6.07) is 36.8. The molecule has 2 aliphatic rings. The smallest absolute Gasteiger partial charge is 0.159 e. The first kappa shape index (κ1) is 25.5. The third-order valence-corrected chi connectivity index (χ3v) is 9.80. The lowest BCUT2D eigenvalue weighted by molar-refractivity contribution is 0.563. The zero-order chi connectivity index (χ0) is 29.4. The minimum Gasteiger partial charge on any atom is -0.322 e. The van der Waals surface area contributed by atoms with Crippen LogP contribution in [0.2, 0.25) is 0 Å². The number of aryl methyl sites for hydroxylation is 2. The maximum absolute atomic E-state index is 5.26. The van der Waals surface area contributed by atoms with E-state index in [9.17, 15) is 0 Å². The van der Waals surface area contributed by atoms with Crippen molar-refractivity contribution < 1.29 is 0 Å². The van der Waals surface area contributed by atoms with Crippen LogP contribution in [0.4, 0.5) is 0 Å². The third-order valence-electron chi connectivity index (χ3n) is 9.80. The Morgan fingerprint density at radius 2 is 0.955 bits per heavy atom. The van der Waals surface area contributed by atoms with Gasteiger partial charge in [0.2, 0.25) is 0 Å². The molecule has 2 unspecified atom stereocenters. The first-order valence-electron chi connectivity index (χ1n) is 15.8. The van der Waals surface area contributed by atoms with Gasteiger partial charge >= 0.3 is 0 Å². The topological polar surface area (TPSA) is 48.5 Å². The molecule has 2 aliphatic heterocycles. The van der Waals surface area contributed by atoms with Crippen molar-refractivity contribution in [2.24, 2.45) is 0 Å². The Balaban J connectivity index is 1.19. The lowest BCUT2D eigenvalue weighted by Gasteiger charge is -2.23. The minimum atomic E-state index is 0.486. The molecule has 4 aromatic carbocycles. The van der Waals surface area contributed by atoms with Crippen molar-refractivity contribution in [3.8, 4) is 45.3 Å². The highest BCUT2D eigenvalue weighted by Crippen LogP contribution is 2.41. The highest BCUT2D eigenvalue weighted by atomic mass is 15.1. The lowest BCUT2D eigenvalue weighted by Crippen LogP contribution is -2.13. The van der Waals surface area contributed by atoms with Gasteiger partial charge in [0.1, 0.15) is 11.4 Å². The molecule has 9 rings (SSSR count). The molecule has 5 nitrogen and oxygen atoms in total. The molecule has 44 heavy (non-hydrogen) atoms. The van der Waals surface area contributed by atoms with Crippen molar-refractivity contribution in [3.63, 3.8) is 0 Å². The van der Waals surface area contributed by atoms with Crippen LogP contribution in [-0.2, 0) is 13.1 Å². The fourth-order valence-corrected chi connectivity index (χ4v) is 7.41. The molecule has 3 aromatic heterocycles. The van der Waals surface area contributed by atoms with E-state index in [2.05, 4.69) is 126 Å². The van der Waals surface area contributed by atoms with E-state index >= 15 is 0 Å². The molecule has 5 heteroatoms. The standard InChI is InChI=1S/C39H33N5/c1-24-16-18-43-36-30(24)20-28(26-10-5-3-6-11-26)22-34(36)41-38(43)32-14-9-15-33(40-32)39-42-35-23-29(27-12-7-4-8-13-27)21-31-25(2)17-19-44(39)37(31)35/h3-15,20-25H,16-19H2,1-2H3. The second-order valence-electron chi connectivity index (χ2n) is 12.6. The summed E-state index contributed by atoms with van der Waals surface area (Å²) in [5.41, 5.74) is 14.0. The number of benzene rings is 4. The second kappa shape index (κ2) is 9.75. The molecule has 214 valence electrons. The number of aromatic nitrogens is 5. The highest BCUT2D eigenvalue weighted by molar-refractivity contribution is 5.91. The molecule has 0 radical (unpaired) electrons. The number of rotatable bonds is 4. The van der Waals surface area contributed by atoms with E-state index in [0.29, 0.717) is 11.8 Å². The zero-order valence-electron chi connectivity index (χ0n) is 25.0. The maximum Gasteiger partial charge on any atom is 0.159 e. The van der Waals surface area contributed by atoms with E-state index in [1.54, 1.807) is 0 Å². The molecule has 0 fully saturated rings. The number of hydrogen-bond acceptors (Lipinski definition) is 3. The van der Waals surface area contributed by atoms with E-state index in [-0.39, 0.29) is 0 Å². The van der Waals surface area contributed by atoms with Crippen molar-refractivity contribution in [2.45, 2.75) is 51.6 Å². The summed E-state index contributed by atoms with van der Waals surface area (Å²) < 4.78 is 4.78. The van der Waals surface area contributed by atoms with Gasteiger partial charge in [-0.25, -0.2) is 15.0 Å². The quantitative estimate of drug-likeness (QED) is 0.211. The monoisotopic (exact) mass is 571 g/mol. The first-order valence-corrected chi connectivity index (χ1v) is 15.8. The molecule has 5 heterocycles. The normalized spacial score (nSPS) is 17.4. The summed E-state index contributed by atoms with van der Waals surface area (Å²) in [5, 5.41) is 0. The predicted molar refractivity (Wildman–Crippen MR) is 179 cm³/mol. The van der Waals surface area contributed by atoms with Crippen molar-refractivity contribution in [3.05, 3.63) is 114 Å². The van der Waals surface area contributed by atoms with Gasteiger partial charge in [-0.05, 0) is 94.5 Å². The molecule has 0 saturated heterocycles. The van der Waals surface area contributed by atoms with Crippen molar-refractivity contribution >= 4 is 22.1 Å². The van der Waals surface area contributed by atoms with Crippen LogP contribution in [0.1, 0.15) is 49.7 Å². The fourth-order valence-electron chi connectivity index (χ4n) is 7.41. The van der Waals surface area contributed by atoms with E-state index in [1.165, 1.54) is 44.4 Å². The van der Waals surface area contributed by atoms with Gasteiger partial charge < -0.3 is 9.13 Å². The number of hydrogen-bond donors (Lipinski definition) is 0. The van der Waals surface area contributed by atoms with E-state index < -0.39 is 0 Å². The minimum absolute atomic E-state index is 0.486. The van der Waals surface area contributed by atoms with E-state index in [4.69, 9.17) is 15.0 Å². The van der Waals surface area contributed by atoms with Crippen LogP contribution < -0.4 is 0 Å².